The predicted molar refractivity (Wildman–Crippen MR) is 123 cm³/mol. The minimum absolute atomic E-state index is 0.346. The summed E-state index contributed by atoms with van der Waals surface area (Å²) in [4.78, 5) is 26.7. The molecule has 0 N–H and O–H groups in total. The Bertz CT molecular complexity index is 933. The zero-order valence-electron chi connectivity index (χ0n) is 13.5. The van der Waals surface area contributed by atoms with Crippen molar-refractivity contribution in [1.82, 2.24) is 0 Å². The predicted octanol–water partition coefficient (Wildman–Crippen LogP) is 6.19. The molecular formula is C18H12ClI2NO3S. The second kappa shape index (κ2) is 8.49. The second-order valence-corrected chi connectivity index (χ2v) is 9.07. The van der Waals surface area contributed by atoms with Crippen LogP contribution in [-0.4, -0.2) is 17.8 Å². The Balaban J connectivity index is 2.01. The molecule has 8 heteroatoms. The van der Waals surface area contributed by atoms with Gasteiger partial charge < -0.3 is 4.74 Å². The summed E-state index contributed by atoms with van der Waals surface area (Å²) in [6.07, 6.45) is 1.71. The Kier molecular flexibility index (Phi) is 6.52. The van der Waals surface area contributed by atoms with Crippen molar-refractivity contribution >= 4 is 91.5 Å². The number of hydrogen-bond donors (Lipinski definition) is 0. The van der Waals surface area contributed by atoms with Gasteiger partial charge in [0.15, 0.2) is 0 Å². The smallest absolute Gasteiger partial charge is 0.298 e. The van der Waals surface area contributed by atoms with Gasteiger partial charge in [0.25, 0.3) is 11.1 Å². The van der Waals surface area contributed by atoms with Gasteiger partial charge in [-0.05, 0) is 100 Å². The van der Waals surface area contributed by atoms with Gasteiger partial charge in [0.2, 0.25) is 0 Å². The third-order valence-electron chi connectivity index (χ3n) is 3.47. The average molecular weight is 612 g/mol. The van der Waals surface area contributed by atoms with E-state index < -0.39 is 0 Å². The van der Waals surface area contributed by atoms with E-state index in [4.69, 9.17) is 16.3 Å². The fourth-order valence-corrected chi connectivity index (χ4v) is 5.49. The zero-order valence-corrected chi connectivity index (χ0v) is 19.4. The van der Waals surface area contributed by atoms with Gasteiger partial charge in [-0.15, -0.1) is 0 Å². The normalized spacial score (nSPS) is 15.8. The summed E-state index contributed by atoms with van der Waals surface area (Å²) in [5.41, 5.74) is 1.24. The number of carbonyl (C=O) groups excluding carboxylic acids is 2. The van der Waals surface area contributed by atoms with Crippen molar-refractivity contribution in [3.63, 3.8) is 0 Å². The van der Waals surface area contributed by atoms with Crippen molar-refractivity contribution in [1.29, 1.82) is 0 Å². The highest BCUT2D eigenvalue weighted by atomic mass is 127. The molecule has 1 saturated heterocycles. The highest BCUT2D eigenvalue weighted by Crippen LogP contribution is 2.38. The maximum Gasteiger partial charge on any atom is 0.298 e. The lowest BCUT2D eigenvalue weighted by Gasteiger charge is -2.13. The van der Waals surface area contributed by atoms with E-state index in [1.165, 1.54) is 0 Å². The van der Waals surface area contributed by atoms with Gasteiger partial charge in [0.05, 0.1) is 20.8 Å². The number of hydrogen-bond acceptors (Lipinski definition) is 4. The first-order chi connectivity index (χ1) is 12.4. The molecule has 1 aliphatic heterocycles. The zero-order chi connectivity index (χ0) is 18.8. The fourth-order valence-electron chi connectivity index (χ4n) is 2.43. The standard InChI is InChI=1S/C18H12ClI2NO3S/c1-2-25-16-10(6-12(20)9-14(16)21)7-15-17(23)22(18(24)26-15)13-5-3-4-11(19)8-13/h3-9H,2H2,1H3/b15-7-. The molecule has 134 valence electrons. The Morgan fingerprint density at radius 1 is 1.23 bits per heavy atom. The van der Waals surface area contributed by atoms with Gasteiger partial charge in [-0.25, -0.2) is 4.90 Å². The summed E-state index contributed by atoms with van der Waals surface area (Å²) in [5, 5.41) is 0.123. The van der Waals surface area contributed by atoms with Crippen molar-refractivity contribution in [2.24, 2.45) is 0 Å². The third-order valence-corrected chi connectivity index (χ3v) is 6.00. The van der Waals surface area contributed by atoms with E-state index in [2.05, 4.69) is 45.2 Å². The Morgan fingerprint density at radius 2 is 2.00 bits per heavy atom. The van der Waals surface area contributed by atoms with E-state index in [9.17, 15) is 9.59 Å². The van der Waals surface area contributed by atoms with Crippen LogP contribution in [0.5, 0.6) is 5.75 Å². The number of rotatable bonds is 4. The summed E-state index contributed by atoms with van der Waals surface area (Å²) in [6.45, 7) is 2.42. The monoisotopic (exact) mass is 611 g/mol. The van der Waals surface area contributed by atoms with Gasteiger partial charge in [-0.2, -0.15) is 0 Å². The molecule has 0 spiro atoms. The number of carbonyl (C=O) groups is 2. The molecule has 1 fully saturated rings. The van der Waals surface area contributed by atoms with Gasteiger partial charge >= 0.3 is 0 Å². The fraction of sp³-hybridized carbons (Fsp3) is 0.111. The molecule has 1 aliphatic rings. The lowest BCUT2D eigenvalue weighted by atomic mass is 10.2. The van der Waals surface area contributed by atoms with Crippen LogP contribution < -0.4 is 9.64 Å². The van der Waals surface area contributed by atoms with E-state index in [0.29, 0.717) is 28.0 Å². The van der Waals surface area contributed by atoms with E-state index in [1.54, 1.807) is 30.3 Å². The van der Waals surface area contributed by atoms with E-state index in [-0.39, 0.29) is 11.1 Å². The highest BCUT2D eigenvalue weighted by molar-refractivity contribution is 14.1. The van der Waals surface area contributed by atoms with E-state index >= 15 is 0 Å². The van der Waals surface area contributed by atoms with Crippen molar-refractivity contribution in [3.8, 4) is 5.75 Å². The number of halogens is 3. The molecule has 0 radical (unpaired) electrons. The van der Waals surface area contributed by atoms with Crippen LogP contribution in [0.3, 0.4) is 0 Å². The van der Waals surface area contributed by atoms with Crippen molar-refractivity contribution in [2.75, 3.05) is 11.5 Å². The molecule has 1 heterocycles. The SMILES string of the molecule is CCOc1c(I)cc(I)cc1/C=C1\SC(=O)N(c2cccc(Cl)c2)C1=O. The molecule has 2 amide bonds. The molecule has 0 saturated carbocycles. The largest absolute Gasteiger partial charge is 0.492 e. The molecule has 0 aliphatic carbocycles. The van der Waals surface area contributed by atoms with Gasteiger partial charge in [-0.3, -0.25) is 9.59 Å². The summed E-state index contributed by atoms with van der Waals surface area (Å²) in [7, 11) is 0. The number of anilines is 1. The maximum atomic E-state index is 12.8. The van der Waals surface area contributed by atoms with E-state index in [1.807, 2.05) is 19.1 Å². The molecule has 0 aromatic heterocycles. The number of nitrogens with zero attached hydrogens (tertiary/aromatic N) is 1. The van der Waals surface area contributed by atoms with Crippen molar-refractivity contribution in [2.45, 2.75) is 6.92 Å². The minimum Gasteiger partial charge on any atom is -0.492 e. The van der Waals surface area contributed by atoms with Gasteiger partial charge in [0.1, 0.15) is 5.75 Å². The van der Waals surface area contributed by atoms with Gasteiger partial charge in [0, 0.05) is 14.2 Å². The number of benzene rings is 2. The van der Waals surface area contributed by atoms with Crippen molar-refractivity contribution < 1.29 is 14.3 Å². The maximum absolute atomic E-state index is 12.8. The van der Waals surface area contributed by atoms with Crippen LogP contribution in [0, 0.1) is 7.14 Å². The molecule has 0 unspecified atom stereocenters. The first kappa shape index (κ1) is 20.0. The number of amides is 2. The van der Waals surface area contributed by atoms with Crippen molar-refractivity contribution in [3.05, 3.63) is 59.0 Å². The van der Waals surface area contributed by atoms with Crippen LogP contribution in [0.1, 0.15) is 12.5 Å². The first-order valence-corrected chi connectivity index (χ1v) is 10.9. The van der Waals surface area contributed by atoms with Gasteiger partial charge in [-0.1, -0.05) is 17.7 Å². The van der Waals surface area contributed by atoms with Crippen LogP contribution in [-0.2, 0) is 4.79 Å². The summed E-state index contributed by atoms with van der Waals surface area (Å²) in [5.74, 6) is 0.349. The Labute approximate surface area is 187 Å². The average Bonchev–Trinajstić information content (AvgIpc) is 2.84. The number of imide groups is 1. The van der Waals surface area contributed by atoms with Crippen LogP contribution in [0.4, 0.5) is 10.5 Å². The molecule has 0 atom stereocenters. The topological polar surface area (TPSA) is 46.6 Å². The quantitative estimate of drug-likeness (QED) is 0.306. The Morgan fingerprint density at radius 3 is 2.69 bits per heavy atom. The van der Waals surface area contributed by atoms with Crippen LogP contribution >= 0.6 is 68.5 Å². The first-order valence-electron chi connectivity index (χ1n) is 7.56. The summed E-state index contributed by atoms with van der Waals surface area (Å²) in [6, 6.07) is 10.6. The second-order valence-electron chi connectivity index (χ2n) is 5.24. The van der Waals surface area contributed by atoms with Crippen LogP contribution in [0.15, 0.2) is 41.3 Å². The lowest BCUT2D eigenvalue weighted by Crippen LogP contribution is -2.27. The van der Waals surface area contributed by atoms with E-state index in [0.717, 1.165) is 29.4 Å². The highest BCUT2D eigenvalue weighted by Gasteiger charge is 2.36. The molecule has 4 nitrogen and oxygen atoms in total. The molecular weight excluding hydrogens is 600 g/mol. The summed E-state index contributed by atoms with van der Waals surface area (Å²) >= 11 is 11.3. The molecule has 2 aromatic rings. The lowest BCUT2D eigenvalue weighted by molar-refractivity contribution is -0.113. The molecule has 3 rings (SSSR count). The number of ether oxygens (including phenoxy) is 1. The third kappa shape index (κ3) is 4.20. The Hall–Kier alpha value is -0.780. The molecule has 26 heavy (non-hydrogen) atoms. The number of thioether (sulfide) groups is 1. The summed E-state index contributed by atoms with van der Waals surface area (Å²) < 4.78 is 7.71. The molecule has 0 bridgehead atoms. The minimum atomic E-state index is -0.362. The van der Waals surface area contributed by atoms with Crippen LogP contribution in [0.2, 0.25) is 5.02 Å². The van der Waals surface area contributed by atoms with Crippen LogP contribution in [0.25, 0.3) is 6.08 Å². The molecule has 2 aromatic carbocycles.